The first-order valence-electron chi connectivity index (χ1n) is 3.86. The molecule has 0 amide bonds. The van der Waals surface area contributed by atoms with Gasteiger partial charge in [0.25, 0.3) is 0 Å². The van der Waals surface area contributed by atoms with Crippen LogP contribution >= 0.6 is 22.9 Å². The van der Waals surface area contributed by atoms with E-state index in [0.29, 0.717) is 9.34 Å². The number of aromatic nitrogens is 1. The maximum atomic E-state index is 10.9. The van der Waals surface area contributed by atoms with Crippen LogP contribution in [-0.2, 0) is 4.79 Å². The normalized spacial score (nSPS) is 13.2. The van der Waals surface area contributed by atoms with Crippen molar-refractivity contribution in [2.45, 2.75) is 19.8 Å². The van der Waals surface area contributed by atoms with E-state index in [1.54, 1.807) is 0 Å². The summed E-state index contributed by atoms with van der Waals surface area (Å²) >= 11 is 6.85. The highest BCUT2D eigenvalue weighted by atomic mass is 35.5. The average Bonchev–Trinajstić information content (AvgIpc) is 2.34. The third kappa shape index (κ3) is 2.42. The second-order valence-electron chi connectivity index (χ2n) is 3.08. The van der Waals surface area contributed by atoms with Crippen molar-refractivity contribution in [1.82, 2.24) is 4.98 Å². The van der Waals surface area contributed by atoms with Gasteiger partial charge in [-0.1, -0.05) is 25.4 Å². The SMILES string of the molecule is CC(C)C(C(=O)O)c1cnc(Cl)s1. The molecule has 0 aliphatic heterocycles. The van der Waals surface area contributed by atoms with Gasteiger partial charge in [0.15, 0.2) is 4.47 Å². The Morgan fingerprint density at radius 2 is 2.31 bits per heavy atom. The number of carbonyl (C=O) groups is 1. The third-order valence-electron chi connectivity index (χ3n) is 1.73. The van der Waals surface area contributed by atoms with Crippen LogP contribution in [0.3, 0.4) is 0 Å². The maximum Gasteiger partial charge on any atom is 0.312 e. The molecular formula is C8H10ClNO2S. The summed E-state index contributed by atoms with van der Waals surface area (Å²) in [6, 6.07) is 0. The van der Waals surface area contributed by atoms with Gasteiger partial charge in [-0.2, -0.15) is 0 Å². The van der Waals surface area contributed by atoms with Crippen molar-refractivity contribution < 1.29 is 9.90 Å². The van der Waals surface area contributed by atoms with Crippen LogP contribution in [-0.4, -0.2) is 16.1 Å². The van der Waals surface area contributed by atoms with E-state index in [-0.39, 0.29) is 5.92 Å². The van der Waals surface area contributed by atoms with Gasteiger partial charge in [0.2, 0.25) is 0 Å². The fraction of sp³-hybridized carbons (Fsp3) is 0.500. The molecular weight excluding hydrogens is 210 g/mol. The molecule has 1 unspecified atom stereocenters. The zero-order valence-electron chi connectivity index (χ0n) is 7.32. The molecule has 0 fully saturated rings. The first-order chi connectivity index (χ1) is 6.02. The number of rotatable bonds is 3. The topological polar surface area (TPSA) is 50.2 Å². The average molecular weight is 220 g/mol. The van der Waals surface area contributed by atoms with Crippen molar-refractivity contribution in [1.29, 1.82) is 0 Å². The lowest BCUT2D eigenvalue weighted by Crippen LogP contribution is -2.16. The fourth-order valence-corrected chi connectivity index (χ4v) is 2.36. The summed E-state index contributed by atoms with van der Waals surface area (Å²) in [6.45, 7) is 3.73. The van der Waals surface area contributed by atoms with Crippen LogP contribution in [0, 0.1) is 5.92 Å². The minimum atomic E-state index is -0.824. The molecule has 72 valence electrons. The molecule has 0 bridgehead atoms. The number of halogens is 1. The lowest BCUT2D eigenvalue weighted by molar-refractivity contribution is -0.139. The molecule has 0 aliphatic carbocycles. The minimum absolute atomic E-state index is 0.0500. The van der Waals surface area contributed by atoms with Gasteiger partial charge in [-0.15, -0.1) is 11.3 Å². The Labute approximate surface area is 85.4 Å². The van der Waals surface area contributed by atoms with Gasteiger partial charge in [0.1, 0.15) is 0 Å². The largest absolute Gasteiger partial charge is 0.481 e. The molecule has 3 nitrogen and oxygen atoms in total. The van der Waals surface area contributed by atoms with E-state index in [9.17, 15) is 4.79 Å². The summed E-state index contributed by atoms with van der Waals surface area (Å²) in [7, 11) is 0. The van der Waals surface area contributed by atoms with E-state index in [4.69, 9.17) is 16.7 Å². The Morgan fingerprint density at radius 1 is 1.69 bits per heavy atom. The van der Waals surface area contributed by atoms with E-state index in [1.165, 1.54) is 17.5 Å². The summed E-state index contributed by atoms with van der Waals surface area (Å²) in [6.07, 6.45) is 1.53. The van der Waals surface area contributed by atoms with Gasteiger partial charge < -0.3 is 5.11 Å². The number of hydrogen-bond acceptors (Lipinski definition) is 3. The van der Waals surface area contributed by atoms with Gasteiger partial charge in [-0.25, -0.2) is 4.98 Å². The number of thiazole rings is 1. The van der Waals surface area contributed by atoms with E-state index < -0.39 is 11.9 Å². The number of hydrogen-bond donors (Lipinski definition) is 1. The second-order valence-corrected chi connectivity index (χ2v) is 4.72. The Balaban J connectivity index is 2.95. The fourth-order valence-electron chi connectivity index (χ4n) is 1.14. The Hall–Kier alpha value is -0.610. The summed E-state index contributed by atoms with van der Waals surface area (Å²) in [5, 5.41) is 8.94. The highest BCUT2D eigenvalue weighted by molar-refractivity contribution is 7.15. The molecule has 0 spiro atoms. The molecule has 1 N–H and O–H groups in total. The van der Waals surface area contributed by atoms with Crippen molar-refractivity contribution >= 4 is 28.9 Å². The molecule has 5 heteroatoms. The third-order valence-corrected chi connectivity index (χ3v) is 2.93. The molecule has 1 aromatic heterocycles. The number of carboxylic acid groups (broad SMARTS) is 1. The molecule has 0 aromatic carbocycles. The predicted octanol–water partition coefficient (Wildman–Crippen LogP) is 2.62. The Bertz CT molecular complexity index is 311. The quantitative estimate of drug-likeness (QED) is 0.850. The highest BCUT2D eigenvalue weighted by Gasteiger charge is 2.25. The molecule has 1 aromatic rings. The monoisotopic (exact) mass is 219 g/mol. The van der Waals surface area contributed by atoms with Crippen LogP contribution in [0.15, 0.2) is 6.20 Å². The van der Waals surface area contributed by atoms with Crippen LogP contribution in [0.2, 0.25) is 4.47 Å². The Kier molecular flexibility index (Phi) is 3.27. The number of aliphatic carboxylic acids is 1. The first-order valence-corrected chi connectivity index (χ1v) is 5.06. The number of nitrogens with zero attached hydrogens (tertiary/aromatic N) is 1. The zero-order valence-corrected chi connectivity index (χ0v) is 8.89. The van der Waals surface area contributed by atoms with E-state index in [1.807, 2.05) is 13.8 Å². The van der Waals surface area contributed by atoms with Crippen LogP contribution in [0.5, 0.6) is 0 Å². The van der Waals surface area contributed by atoms with Crippen molar-refractivity contribution in [2.24, 2.45) is 5.92 Å². The second kappa shape index (κ2) is 4.07. The van der Waals surface area contributed by atoms with Crippen LogP contribution < -0.4 is 0 Å². The van der Waals surface area contributed by atoms with Crippen LogP contribution in [0.25, 0.3) is 0 Å². The van der Waals surface area contributed by atoms with E-state index in [0.717, 1.165) is 0 Å². The molecule has 1 atom stereocenters. The van der Waals surface area contributed by atoms with Crippen molar-refractivity contribution in [3.8, 4) is 0 Å². The van der Waals surface area contributed by atoms with Gasteiger partial charge in [-0.05, 0) is 5.92 Å². The Morgan fingerprint density at radius 3 is 2.62 bits per heavy atom. The predicted molar refractivity (Wildman–Crippen MR) is 52.3 cm³/mol. The van der Waals surface area contributed by atoms with Gasteiger partial charge in [0.05, 0.1) is 5.92 Å². The van der Waals surface area contributed by atoms with E-state index >= 15 is 0 Å². The van der Waals surface area contributed by atoms with Crippen molar-refractivity contribution in [2.75, 3.05) is 0 Å². The molecule has 0 radical (unpaired) electrons. The lowest BCUT2D eigenvalue weighted by atomic mass is 9.95. The van der Waals surface area contributed by atoms with Gasteiger partial charge >= 0.3 is 5.97 Å². The van der Waals surface area contributed by atoms with Crippen LogP contribution in [0.1, 0.15) is 24.6 Å². The van der Waals surface area contributed by atoms with Crippen molar-refractivity contribution in [3.63, 3.8) is 0 Å². The van der Waals surface area contributed by atoms with Crippen molar-refractivity contribution in [3.05, 3.63) is 15.5 Å². The number of carboxylic acids is 1. The summed E-state index contributed by atoms with van der Waals surface area (Å²) in [4.78, 5) is 15.4. The minimum Gasteiger partial charge on any atom is -0.481 e. The zero-order chi connectivity index (χ0) is 10.0. The summed E-state index contributed by atoms with van der Waals surface area (Å²) < 4.78 is 0.391. The summed E-state index contributed by atoms with van der Waals surface area (Å²) in [5.41, 5.74) is 0. The molecule has 0 saturated heterocycles. The first kappa shape index (κ1) is 10.5. The molecule has 1 rings (SSSR count). The summed E-state index contributed by atoms with van der Waals surface area (Å²) in [5.74, 6) is -1.27. The van der Waals surface area contributed by atoms with Gasteiger partial charge in [0, 0.05) is 11.1 Å². The van der Waals surface area contributed by atoms with Crippen LogP contribution in [0.4, 0.5) is 0 Å². The molecule has 1 heterocycles. The molecule has 0 saturated carbocycles. The molecule has 13 heavy (non-hydrogen) atoms. The van der Waals surface area contributed by atoms with E-state index in [2.05, 4.69) is 4.98 Å². The standard InChI is InChI=1S/C8H10ClNO2S/c1-4(2)6(7(11)12)5-3-10-8(9)13-5/h3-4,6H,1-2H3,(H,11,12). The lowest BCUT2D eigenvalue weighted by Gasteiger charge is -2.12. The maximum absolute atomic E-state index is 10.9. The molecule has 0 aliphatic rings. The highest BCUT2D eigenvalue weighted by Crippen LogP contribution is 2.30. The smallest absolute Gasteiger partial charge is 0.312 e. The van der Waals surface area contributed by atoms with Gasteiger partial charge in [-0.3, -0.25) is 4.79 Å².